The van der Waals surface area contributed by atoms with Crippen molar-refractivity contribution in [2.75, 3.05) is 18.9 Å². The first kappa shape index (κ1) is 21.7. The van der Waals surface area contributed by atoms with Crippen LogP contribution in [0.5, 0.6) is 0 Å². The van der Waals surface area contributed by atoms with Gasteiger partial charge in [-0.25, -0.2) is 0 Å². The van der Waals surface area contributed by atoms with Crippen molar-refractivity contribution >= 4 is 29.9 Å². The third-order valence-electron chi connectivity index (χ3n) is 3.85. The van der Waals surface area contributed by atoms with E-state index in [1.807, 2.05) is 38.2 Å². The molecular weight excluding hydrogens is 350 g/mol. The summed E-state index contributed by atoms with van der Waals surface area (Å²) in [5.41, 5.74) is 3.23. The standard InChI is InChI=1S/C20H25N3O2.ClH/c1-15-9-11-16(12-10-15)14-22-20(25)17-6-3-4-7-18(17)23-19(24)8-5-13-21-2;/h3-4,6-7,9-12,21H,5,8,13-14H2,1-2H3,(H,22,25)(H,23,24);1H. The van der Waals surface area contributed by atoms with E-state index in [1.165, 1.54) is 5.56 Å². The molecule has 0 aliphatic rings. The van der Waals surface area contributed by atoms with E-state index >= 15 is 0 Å². The molecule has 3 N–H and O–H groups in total. The summed E-state index contributed by atoms with van der Waals surface area (Å²) in [7, 11) is 1.85. The lowest BCUT2D eigenvalue weighted by molar-refractivity contribution is -0.116. The molecule has 0 aliphatic heterocycles. The average molecular weight is 376 g/mol. The van der Waals surface area contributed by atoms with Gasteiger partial charge < -0.3 is 16.0 Å². The zero-order chi connectivity index (χ0) is 18.1. The van der Waals surface area contributed by atoms with Gasteiger partial charge in [0.05, 0.1) is 11.3 Å². The molecule has 26 heavy (non-hydrogen) atoms. The van der Waals surface area contributed by atoms with Gasteiger partial charge in [-0.2, -0.15) is 0 Å². The first-order valence-corrected chi connectivity index (χ1v) is 8.47. The van der Waals surface area contributed by atoms with E-state index in [-0.39, 0.29) is 24.2 Å². The van der Waals surface area contributed by atoms with Crippen molar-refractivity contribution in [3.05, 3.63) is 65.2 Å². The quantitative estimate of drug-likeness (QED) is 0.620. The largest absolute Gasteiger partial charge is 0.348 e. The molecule has 0 atom stereocenters. The van der Waals surface area contributed by atoms with Gasteiger partial charge in [-0.3, -0.25) is 9.59 Å². The Balaban J connectivity index is 0.00000338. The number of hydrogen-bond acceptors (Lipinski definition) is 3. The molecule has 0 saturated carbocycles. The Labute approximate surface area is 161 Å². The normalized spacial score (nSPS) is 9.92. The number of nitrogens with one attached hydrogen (secondary N) is 3. The maximum absolute atomic E-state index is 12.5. The van der Waals surface area contributed by atoms with Crippen LogP contribution < -0.4 is 16.0 Å². The van der Waals surface area contributed by atoms with Gasteiger partial charge in [0, 0.05) is 13.0 Å². The molecule has 0 heterocycles. The first-order chi connectivity index (χ1) is 12.1. The molecule has 2 aromatic rings. The van der Waals surface area contributed by atoms with Crippen LogP contribution in [-0.2, 0) is 11.3 Å². The van der Waals surface area contributed by atoms with E-state index in [9.17, 15) is 9.59 Å². The highest BCUT2D eigenvalue weighted by Crippen LogP contribution is 2.16. The highest BCUT2D eigenvalue weighted by atomic mass is 35.5. The molecule has 6 heteroatoms. The number of carbonyl (C=O) groups is 2. The van der Waals surface area contributed by atoms with Gasteiger partial charge >= 0.3 is 0 Å². The Morgan fingerprint density at radius 3 is 2.38 bits per heavy atom. The molecule has 0 spiro atoms. The van der Waals surface area contributed by atoms with Crippen molar-refractivity contribution in [1.82, 2.24) is 10.6 Å². The van der Waals surface area contributed by atoms with Gasteiger partial charge in [0.1, 0.15) is 0 Å². The topological polar surface area (TPSA) is 70.2 Å². The van der Waals surface area contributed by atoms with Crippen LogP contribution >= 0.6 is 12.4 Å². The van der Waals surface area contributed by atoms with Gasteiger partial charge in [-0.05, 0) is 44.6 Å². The Bertz CT molecular complexity index is 717. The molecule has 5 nitrogen and oxygen atoms in total. The summed E-state index contributed by atoms with van der Waals surface area (Å²) in [6.45, 7) is 3.26. The Morgan fingerprint density at radius 1 is 1.00 bits per heavy atom. The zero-order valence-corrected chi connectivity index (χ0v) is 16.0. The second-order valence-electron chi connectivity index (χ2n) is 5.97. The Morgan fingerprint density at radius 2 is 1.69 bits per heavy atom. The predicted molar refractivity (Wildman–Crippen MR) is 108 cm³/mol. The molecule has 0 saturated heterocycles. The SMILES string of the molecule is CNCCCC(=O)Nc1ccccc1C(=O)NCc1ccc(C)cc1.Cl. The third kappa shape index (κ3) is 6.86. The number of benzene rings is 2. The minimum atomic E-state index is -0.202. The lowest BCUT2D eigenvalue weighted by atomic mass is 10.1. The highest BCUT2D eigenvalue weighted by molar-refractivity contribution is 6.03. The molecule has 2 rings (SSSR count). The summed E-state index contributed by atoms with van der Waals surface area (Å²) in [5, 5.41) is 8.74. The second-order valence-corrected chi connectivity index (χ2v) is 5.97. The molecule has 0 aliphatic carbocycles. The monoisotopic (exact) mass is 375 g/mol. The van der Waals surface area contributed by atoms with Crippen LogP contribution in [0.25, 0.3) is 0 Å². The van der Waals surface area contributed by atoms with E-state index in [1.54, 1.807) is 24.3 Å². The van der Waals surface area contributed by atoms with E-state index in [0.717, 1.165) is 18.5 Å². The van der Waals surface area contributed by atoms with Crippen molar-refractivity contribution in [3.63, 3.8) is 0 Å². The van der Waals surface area contributed by atoms with Crippen molar-refractivity contribution in [1.29, 1.82) is 0 Å². The minimum Gasteiger partial charge on any atom is -0.348 e. The molecule has 0 radical (unpaired) electrons. The lowest BCUT2D eigenvalue weighted by Crippen LogP contribution is -2.25. The van der Waals surface area contributed by atoms with Gasteiger partial charge in [0.2, 0.25) is 5.91 Å². The van der Waals surface area contributed by atoms with E-state index < -0.39 is 0 Å². The maximum atomic E-state index is 12.5. The van der Waals surface area contributed by atoms with Gasteiger partial charge in [-0.1, -0.05) is 42.0 Å². The van der Waals surface area contributed by atoms with Crippen LogP contribution in [0.15, 0.2) is 48.5 Å². The van der Waals surface area contributed by atoms with E-state index in [0.29, 0.717) is 24.2 Å². The second kappa shape index (κ2) is 11.3. The fourth-order valence-corrected chi connectivity index (χ4v) is 2.41. The molecule has 0 bridgehead atoms. The molecular formula is C20H26ClN3O2. The number of hydrogen-bond donors (Lipinski definition) is 3. The van der Waals surface area contributed by atoms with Crippen molar-refractivity contribution in [2.45, 2.75) is 26.3 Å². The lowest BCUT2D eigenvalue weighted by Gasteiger charge is -2.11. The third-order valence-corrected chi connectivity index (χ3v) is 3.85. The van der Waals surface area contributed by atoms with E-state index in [2.05, 4.69) is 16.0 Å². The van der Waals surface area contributed by atoms with Crippen molar-refractivity contribution in [3.8, 4) is 0 Å². The zero-order valence-electron chi connectivity index (χ0n) is 15.2. The van der Waals surface area contributed by atoms with Crippen LogP contribution in [0.2, 0.25) is 0 Å². The number of halogens is 1. The number of anilines is 1. The van der Waals surface area contributed by atoms with Crippen molar-refractivity contribution < 1.29 is 9.59 Å². The van der Waals surface area contributed by atoms with Crippen molar-refractivity contribution in [2.24, 2.45) is 0 Å². The predicted octanol–water partition coefficient (Wildman–Crippen LogP) is 3.28. The highest BCUT2D eigenvalue weighted by Gasteiger charge is 2.12. The summed E-state index contributed by atoms with van der Waals surface area (Å²) in [4.78, 5) is 24.5. The summed E-state index contributed by atoms with van der Waals surface area (Å²) in [6.07, 6.45) is 1.17. The van der Waals surface area contributed by atoms with Crippen LogP contribution in [0.4, 0.5) is 5.69 Å². The molecule has 2 aromatic carbocycles. The van der Waals surface area contributed by atoms with Gasteiger partial charge in [-0.15, -0.1) is 12.4 Å². The molecule has 0 aromatic heterocycles. The fourth-order valence-electron chi connectivity index (χ4n) is 2.41. The molecule has 140 valence electrons. The Hall–Kier alpha value is -2.37. The number of carbonyl (C=O) groups excluding carboxylic acids is 2. The minimum absolute atomic E-state index is 0. The summed E-state index contributed by atoms with van der Waals surface area (Å²) in [6, 6.07) is 15.1. The molecule has 0 fully saturated rings. The first-order valence-electron chi connectivity index (χ1n) is 8.47. The van der Waals surface area contributed by atoms with Crippen LogP contribution in [0.1, 0.15) is 34.3 Å². The maximum Gasteiger partial charge on any atom is 0.253 e. The summed E-state index contributed by atoms with van der Waals surface area (Å²) < 4.78 is 0. The van der Waals surface area contributed by atoms with Gasteiger partial charge in [0.25, 0.3) is 5.91 Å². The summed E-state index contributed by atoms with van der Waals surface area (Å²) >= 11 is 0. The average Bonchev–Trinajstić information content (AvgIpc) is 2.61. The molecule has 2 amide bonds. The smallest absolute Gasteiger partial charge is 0.253 e. The Kier molecular flexibility index (Phi) is 9.41. The van der Waals surface area contributed by atoms with E-state index in [4.69, 9.17) is 0 Å². The molecule has 0 unspecified atom stereocenters. The van der Waals surface area contributed by atoms with Gasteiger partial charge in [0.15, 0.2) is 0 Å². The number of rotatable bonds is 8. The summed E-state index contributed by atoms with van der Waals surface area (Å²) in [5.74, 6) is -0.291. The number of aryl methyl sites for hydroxylation is 1. The van der Waals surface area contributed by atoms with Crippen LogP contribution in [-0.4, -0.2) is 25.4 Å². The fraction of sp³-hybridized carbons (Fsp3) is 0.300. The number of amides is 2. The van der Waals surface area contributed by atoms with Crippen LogP contribution in [0, 0.1) is 6.92 Å². The number of para-hydroxylation sites is 1. The van der Waals surface area contributed by atoms with Crippen LogP contribution in [0.3, 0.4) is 0 Å².